The van der Waals surface area contributed by atoms with Gasteiger partial charge in [-0.15, -0.1) is 11.8 Å². The maximum Gasteiger partial charge on any atom is 0.232 e. The molecule has 0 aromatic rings. The van der Waals surface area contributed by atoms with Gasteiger partial charge in [0.1, 0.15) is 0 Å². The van der Waals surface area contributed by atoms with Crippen LogP contribution < -0.4 is 5.32 Å². The van der Waals surface area contributed by atoms with Gasteiger partial charge < -0.3 is 5.32 Å². The minimum Gasteiger partial charge on any atom is -0.355 e. The number of hydrogen-bond donors (Lipinski definition) is 1. The van der Waals surface area contributed by atoms with Gasteiger partial charge in [-0.25, -0.2) is 0 Å². The van der Waals surface area contributed by atoms with E-state index < -0.39 is 0 Å². The molecule has 1 amide bonds. The lowest BCUT2D eigenvalue weighted by molar-refractivity contribution is -0.120. The van der Waals surface area contributed by atoms with Crippen molar-refractivity contribution in [2.45, 2.75) is 39.4 Å². The molecular weight excluding hydrogens is 182 g/mol. The molecule has 0 saturated heterocycles. The smallest absolute Gasteiger partial charge is 0.232 e. The average Bonchev–Trinajstić information content (AvgIpc) is 2.10. The highest BCUT2D eigenvalue weighted by Gasteiger charge is 2.12. The van der Waals surface area contributed by atoms with E-state index >= 15 is 0 Å². The third kappa shape index (κ3) is 6.94. The van der Waals surface area contributed by atoms with E-state index in [1.807, 2.05) is 6.92 Å². The van der Waals surface area contributed by atoms with Crippen molar-refractivity contribution < 1.29 is 4.79 Å². The first-order valence-electron chi connectivity index (χ1n) is 4.97. The summed E-state index contributed by atoms with van der Waals surface area (Å²) in [6.45, 7) is 9.17. The van der Waals surface area contributed by atoms with Crippen molar-refractivity contribution in [3.8, 4) is 0 Å². The van der Waals surface area contributed by atoms with Crippen LogP contribution in [0, 0.1) is 5.92 Å². The Hall–Kier alpha value is -0.180. The molecule has 13 heavy (non-hydrogen) atoms. The van der Waals surface area contributed by atoms with Crippen LogP contribution in [0.5, 0.6) is 0 Å². The molecule has 0 fully saturated rings. The van der Waals surface area contributed by atoms with Gasteiger partial charge >= 0.3 is 0 Å². The Morgan fingerprint density at radius 2 is 2.00 bits per heavy atom. The highest BCUT2D eigenvalue weighted by atomic mass is 32.2. The van der Waals surface area contributed by atoms with Crippen LogP contribution >= 0.6 is 11.8 Å². The van der Waals surface area contributed by atoms with E-state index in [2.05, 4.69) is 26.1 Å². The molecule has 0 heterocycles. The average molecular weight is 203 g/mol. The van der Waals surface area contributed by atoms with Crippen LogP contribution in [0.4, 0.5) is 0 Å². The highest BCUT2D eigenvalue weighted by Crippen LogP contribution is 2.14. The van der Waals surface area contributed by atoms with Gasteiger partial charge in [-0.2, -0.15) is 0 Å². The van der Waals surface area contributed by atoms with Crippen molar-refractivity contribution in [2.24, 2.45) is 5.92 Å². The van der Waals surface area contributed by atoms with Crippen LogP contribution in [0.1, 0.15) is 34.1 Å². The molecule has 78 valence electrons. The summed E-state index contributed by atoms with van der Waals surface area (Å²) in [4.78, 5) is 11.4. The molecule has 3 heteroatoms. The predicted octanol–water partition coefficient (Wildman–Crippen LogP) is 2.29. The maximum atomic E-state index is 11.4. The second kappa shape index (κ2) is 7.25. The fourth-order valence-corrected chi connectivity index (χ4v) is 1.71. The Bertz CT molecular complexity index is 148. The monoisotopic (exact) mass is 203 g/mol. The van der Waals surface area contributed by atoms with Crippen molar-refractivity contribution in [3.05, 3.63) is 0 Å². The standard InChI is InChI=1S/C10H21NOS/c1-5-6-11-10(12)9(4)13-7-8(2)3/h8-9H,5-7H2,1-4H3,(H,11,12). The minimum absolute atomic E-state index is 0.0916. The summed E-state index contributed by atoms with van der Waals surface area (Å²) in [5.74, 6) is 1.89. The van der Waals surface area contributed by atoms with Gasteiger partial charge in [0.25, 0.3) is 0 Å². The summed E-state index contributed by atoms with van der Waals surface area (Å²) >= 11 is 1.73. The maximum absolute atomic E-state index is 11.4. The molecule has 0 aromatic carbocycles. The van der Waals surface area contributed by atoms with Crippen LogP contribution in [-0.2, 0) is 4.79 Å². The zero-order chi connectivity index (χ0) is 10.3. The second-order valence-electron chi connectivity index (χ2n) is 3.66. The quantitative estimate of drug-likeness (QED) is 0.717. The lowest BCUT2D eigenvalue weighted by Gasteiger charge is -2.12. The van der Waals surface area contributed by atoms with Gasteiger partial charge in [0.2, 0.25) is 5.91 Å². The minimum atomic E-state index is 0.0916. The zero-order valence-electron chi connectivity index (χ0n) is 9.09. The molecular formula is C10H21NOS. The summed E-state index contributed by atoms with van der Waals surface area (Å²) in [7, 11) is 0. The number of hydrogen-bond acceptors (Lipinski definition) is 2. The normalized spacial score (nSPS) is 13.0. The number of rotatable bonds is 6. The Morgan fingerprint density at radius 3 is 2.46 bits per heavy atom. The van der Waals surface area contributed by atoms with Gasteiger partial charge in [-0.05, 0) is 25.0 Å². The molecule has 0 spiro atoms. The van der Waals surface area contributed by atoms with Gasteiger partial charge in [0.15, 0.2) is 0 Å². The third-order valence-electron chi connectivity index (χ3n) is 1.60. The van der Waals surface area contributed by atoms with Crippen LogP contribution in [0.25, 0.3) is 0 Å². The van der Waals surface area contributed by atoms with Gasteiger partial charge in [-0.3, -0.25) is 4.79 Å². The Labute approximate surface area is 85.9 Å². The van der Waals surface area contributed by atoms with E-state index in [1.54, 1.807) is 11.8 Å². The van der Waals surface area contributed by atoms with Crippen LogP contribution in [0.2, 0.25) is 0 Å². The van der Waals surface area contributed by atoms with Crippen LogP contribution in [0.3, 0.4) is 0 Å². The first kappa shape index (κ1) is 12.8. The number of amides is 1. The van der Waals surface area contributed by atoms with E-state index in [0.717, 1.165) is 18.7 Å². The van der Waals surface area contributed by atoms with Crippen molar-refractivity contribution in [1.29, 1.82) is 0 Å². The van der Waals surface area contributed by atoms with E-state index in [0.29, 0.717) is 5.92 Å². The molecule has 1 unspecified atom stereocenters. The molecule has 1 atom stereocenters. The SMILES string of the molecule is CCCNC(=O)C(C)SCC(C)C. The molecule has 0 aliphatic carbocycles. The molecule has 0 aliphatic rings. The lowest BCUT2D eigenvalue weighted by atomic mass is 10.3. The summed E-state index contributed by atoms with van der Waals surface area (Å²) in [6, 6.07) is 0. The van der Waals surface area contributed by atoms with Crippen LogP contribution in [0.15, 0.2) is 0 Å². The van der Waals surface area contributed by atoms with Crippen molar-refractivity contribution in [1.82, 2.24) is 5.32 Å². The molecule has 0 saturated carbocycles. The fraction of sp³-hybridized carbons (Fsp3) is 0.900. The Kier molecular flexibility index (Phi) is 7.14. The molecule has 0 aliphatic heterocycles. The lowest BCUT2D eigenvalue weighted by Crippen LogP contribution is -2.31. The van der Waals surface area contributed by atoms with Crippen molar-refractivity contribution in [3.63, 3.8) is 0 Å². The molecule has 0 radical (unpaired) electrons. The van der Waals surface area contributed by atoms with E-state index in [1.165, 1.54) is 0 Å². The number of carbonyl (C=O) groups excluding carboxylic acids is 1. The molecule has 1 N–H and O–H groups in total. The Balaban J connectivity index is 3.57. The number of carbonyl (C=O) groups is 1. The molecule has 0 aromatic heterocycles. The van der Waals surface area contributed by atoms with Crippen LogP contribution in [-0.4, -0.2) is 23.5 Å². The summed E-state index contributed by atoms with van der Waals surface area (Å²) in [5, 5.41) is 2.99. The molecule has 0 bridgehead atoms. The summed E-state index contributed by atoms with van der Waals surface area (Å²) < 4.78 is 0. The zero-order valence-corrected chi connectivity index (χ0v) is 9.91. The van der Waals surface area contributed by atoms with Gasteiger partial charge in [0, 0.05) is 6.54 Å². The molecule has 2 nitrogen and oxygen atoms in total. The van der Waals surface area contributed by atoms with Crippen molar-refractivity contribution in [2.75, 3.05) is 12.3 Å². The second-order valence-corrected chi connectivity index (χ2v) is 5.03. The first-order chi connectivity index (χ1) is 6.07. The topological polar surface area (TPSA) is 29.1 Å². The molecule has 0 rings (SSSR count). The third-order valence-corrected chi connectivity index (χ3v) is 3.17. The fourth-order valence-electron chi connectivity index (χ4n) is 0.804. The predicted molar refractivity (Wildman–Crippen MR) is 60.1 cm³/mol. The summed E-state index contributed by atoms with van der Waals surface area (Å²) in [5.41, 5.74) is 0. The van der Waals surface area contributed by atoms with Gasteiger partial charge in [-0.1, -0.05) is 20.8 Å². The van der Waals surface area contributed by atoms with Crippen molar-refractivity contribution >= 4 is 17.7 Å². The number of thioether (sulfide) groups is 1. The number of nitrogens with one attached hydrogen (secondary N) is 1. The summed E-state index contributed by atoms with van der Waals surface area (Å²) in [6.07, 6.45) is 1.01. The van der Waals surface area contributed by atoms with E-state index in [-0.39, 0.29) is 11.2 Å². The van der Waals surface area contributed by atoms with E-state index in [4.69, 9.17) is 0 Å². The van der Waals surface area contributed by atoms with E-state index in [9.17, 15) is 4.79 Å². The largest absolute Gasteiger partial charge is 0.355 e. The first-order valence-corrected chi connectivity index (χ1v) is 6.02. The van der Waals surface area contributed by atoms with Gasteiger partial charge in [0.05, 0.1) is 5.25 Å². The Morgan fingerprint density at radius 1 is 1.38 bits per heavy atom. The highest BCUT2D eigenvalue weighted by molar-refractivity contribution is 8.00.